The Morgan fingerprint density at radius 1 is 1.08 bits per heavy atom. The van der Waals surface area contributed by atoms with Crippen LogP contribution >= 0.6 is 0 Å². The Balaban J connectivity index is 1.72. The minimum absolute atomic E-state index is 0.0267. The van der Waals surface area contributed by atoms with E-state index in [-0.39, 0.29) is 23.9 Å². The van der Waals surface area contributed by atoms with Crippen molar-refractivity contribution in [2.75, 3.05) is 18.0 Å². The number of amides is 3. The molecule has 0 spiro atoms. The molecule has 2 aliphatic rings. The molecule has 2 saturated heterocycles. The number of likely N-dealkylation sites (tertiary alicyclic amines) is 1. The van der Waals surface area contributed by atoms with Gasteiger partial charge in [-0.1, -0.05) is 0 Å². The number of carbonyl (C=O) groups excluding carboxylic acids is 3. The van der Waals surface area contributed by atoms with Gasteiger partial charge in [-0.15, -0.1) is 0 Å². The summed E-state index contributed by atoms with van der Waals surface area (Å²) in [5.41, 5.74) is 4.57. The van der Waals surface area contributed by atoms with Crippen LogP contribution in [0, 0.1) is 5.92 Å². The standard InChI is InChI=1S/C17H18F3N3O3/c18-17(19,20)11-1-3-12(4-2-11)23-14(24)9-13(16(23)26)22-7-5-10(6-8-22)15(21)25/h1-4,10,13H,5-9H2,(H2,21,25)/t13-/m1/s1. The van der Waals surface area contributed by atoms with E-state index in [9.17, 15) is 27.6 Å². The Labute approximate surface area is 147 Å². The van der Waals surface area contributed by atoms with Crippen LogP contribution in [0.3, 0.4) is 0 Å². The van der Waals surface area contributed by atoms with Crippen LogP contribution in [0.15, 0.2) is 24.3 Å². The minimum atomic E-state index is -4.48. The molecule has 9 heteroatoms. The summed E-state index contributed by atoms with van der Waals surface area (Å²) in [7, 11) is 0. The van der Waals surface area contributed by atoms with Crippen molar-refractivity contribution >= 4 is 23.4 Å². The SMILES string of the molecule is NC(=O)C1CCN([C@@H]2CC(=O)N(c3ccc(C(F)(F)F)cc3)C2=O)CC1. The molecular weight excluding hydrogens is 351 g/mol. The van der Waals surface area contributed by atoms with Crippen molar-refractivity contribution in [2.45, 2.75) is 31.5 Å². The molecule has 2 aliphatic heterocycles. The Morgan fingerprint density at radius 2 is 1.65 bits per heavy atom. The molecule has 1 aromatic carbocycles. The van der Waals surface area contributed by atoms with Crippen molar-refractivity contribution in [1.29, 1.82) is 0 Å². The molecule has 0 unspecified atom stereocenters. The monoisotopic (exact) mass is 369 g/mol. The largest absolute Gasteiger partial charge is 0.416 e. The maximum Gasteiger partial charge on any atom is 0.416 e. The molecule has 1 aromatic rings. The van der Waals surface area contributed by atoms with Crippen molar-refractivity contribution in [2.24, 2.45) is 11.7 Å². The third-order valence-corrected chi connectivity index (χ3v) is 4.95. The highest BCUT2D eigenvalue weighted by Crippen LogP contribution is 2.33. The fourth-order valence-electron chi connectivity index (χ4n) is 3.47. The number of imide groups is 1. The highest BCUT2D eigenvalue weighted by molar-refractivity contribution is 6.22. The number of anilines is 1. The lowest BCUT2D eigenvalue weighted by Crippen LogP contribution is -2.47. The van der Waals surface area contributed by atoms with Gasteiger partial charge in [0.25, 0.3) is 5.91 Å². The number of benzene rings is 1. The normalized spacial score (nSPS) is 22.9. The molecule has 2 N–H and O–H groups in total. The van der Waals surface area contributed by atoms with E-state index in [1.807, 2.05) is 4.90 Å². The number of primary amides is 1. The van der Waals surface area contributed by atoms with E-state index < -0.39 is 29.6 Å². The molecule has 140 valence electrons. The third-order valence-electron chi connectivity index (χ3n) is 4.95. The Hall–Kier alpha value is -2.42. The molecule has 2 fully saturated rings. The van der Waals surface area contributed by atoms with Crippen LogP contribution in [-0.2, 0) is 20.6 Å². The van der Waals surface area contributed by atoms with E-state index in [1.165, 1.54) is 0 Å². The van der Waals surface area contributed by atoms with E-state index in [0.29, 0.717) is 25.9 Å². The molecule has 0 radical (unpaired) electrons. The van der Waals surface area contributed by atoms with E-state index in [2.05, 4.69) is 0 Å². The summed E-state index contributed by atoms with van der Waals surface area (Å²) < 4.78 is 38.0. The minimum Gasteiger partial charge on any atom is -0.369 e. The van der Waals surface area contributed by atoms with E-state index in [0.717, 1.165) is 29.2 Å². The maximum absolute atomic E-state index is 12.7. The lowest BCUT2D eigenvalue weighted by atomic mass is 9.95. The molecule has 0 aliphatic carbocycles. The summed E-state index contributed by atoms with van der Waals surface area (Å²) in [6.45, 7) is 0.941. The molecule has 6 nitrogen and oxygen atoms in total. The average Bonchev–Trinajstić information content (AvgIpc) is 2.89. The maximum atomic E-state index is 12.7. The second kappa shape index (κ2) is 6.71. The first kappa shape index (κ1) is 18.4. The van der Waals surface area contributed by atoms with Gasteiger partial charge in [0, 0.05) is 5.92 Å². The Kier molecular flexibility index (Phi) is 4.74. The molecular formula is C17H18F3N3O3. The van der Waals surface area contributed by atoms with Gasteiger partial charge in [0.1, 0.15) is 0 Å². The third kappa shape index (κ3) is 3.44. The van der Waals surface area contributed by atoms with Crippen molar-refractivity contribution in [3.8, 4) is 0 Å². The molecule has 0 saturated carbocycles. The van der Waals surface area contributed by atoms with Crippen LogP contribution in [-0.4, -0.2) is 41.8 Å². The van der Waals surface area contributed by atoms with E-state index in [1.54, 1.807) is 0 Å². The second-order valence-electron chi connectivity index (χ2n) is 6.54. The smallest absolute Gasteiger partial charge is 0.369 e. The lowest BCUT2D eigenvalue weighted by molar-refractivity contribution is -0.137. The molecule has 0 bridgehead atoms. The summed E-state index contributed by atoms with van der Waals surface area (Å²) >= 11 is 0. The molecule has 3 amide bonds. The Bertz CT molecular complexity index is 725. The lowest BCUT2D eigenvalue weighted by Gasteiger charge is -2.33. The quantitative estimate of drug-likeness (QED) is 0.819. The van der Waals surface area contributed by atoms with Crippen molar-refractivity contribution in [1.82, 2.24) is 4.90 Å². The average molecular weight is 369 g/mol. The number of hydrogen-bond acceptors (Lipinski definition) is 4. The predicted molar refractivity (Wildman–Crippen MR) is 85.8 cm³/mol. The number of piperidine rings is 1. The molecule has 3 rings (SSSR count). The fourth-order valence-corrected chi connectivity index (χ4v) is 3.47. The molecule has 26 heavy (non-hydrogen) atoms. The topological polar surface area (TPSA) is 83.7 Å². The summed E-state index contributed by atoms with van der Waals surface area (Å²) in [6, 6.07) is 3.29. The molecule has 2 heterocycles. The van der Waals surface area contributed by atoms with Crippen LogP contribution in [0.5, 0.6) is 0 Å². The van der Waals surface area contributed by atoms with Gasteiger partial charge in [-0.05, 0) is 50.2 Å². The van der Waals surface area contributed by atoms with Crippen LogP contribution in [0.2, 0.25) is 0 Å². The van der Waals surface area contributed by atoms with E-state index in [4.69, 9.17) is 5.73 Å². The van der Waals surface area contributed by atoms with Crippen LogP contribution in [0.1, 0.15) is 24.8 Å². The van der Waals surface area contributed by atoms with Crippen LogP contribution in [0.4, 0.5) is 18.9 Å². The van der Waals surface area contributed by atoms with E-state index >= 15 is 0 Å². The van der Waals surface area contributed by atoms with Gasteiger partial charge in [0.15, 0.2) is 0 Å². The molecule has 1 atom stereocenters. The number of nitrogens with two attached hydrogens (primary N) is 1. The summed E-state index contributed by atoms with van der Waals surface area (Å²) in [4.78, 5) is 38.9. The van der Waals surface area contributed by atoms with Gasteiger partial charge < -0.3 is 5.73 Å². The Morgan fingerprint density at radius 3 is 2.15 bits per heavy atom. The van der Waals surface area contributed by atoms with Gasteiger partial charge in [-0.25, -0.2) is 4.90 Å². The number of halogens is 3. The van der Waals surface area contributed by atoms with Crippen LogP contribution < -0.4 is 10.6 Å². The molecule has 0 aromatic heterocycles. The first-order valence-electron chi connectivity index (χ1n) is 8.26. The summed E-state index contributed by atoms with van der Waals surface area (Å²) in [5.74, 6) is -1.50. The first-order valence-corrected chi connectivity index (χ1v) is 8.26. The van der Waals surface area contributed by atoms with Crippen molar-refractivity contribution in [3.05, 3.63) is 29.8 Å². The fraction of sp³-hybridized carbons (Fsp3) is 0.471. The highest BCUT2D eigenvalue weighted by atomic mass is 19.4. The highest BCUT2D eigenvalue weighted by Gasteiger charge is 2.44. The second-order valence-corrected chi connectivity index (χ2v) is 6.54. The predicted octanol–water partition coefficient (Wildman–Crippen LogP) is 1.53. The van der Waals surface area contributed by atoms with Gasteiger partial charge in [-0.3, -0.25) is 19.3 Å². The number of hydrogen-bond donors (Lipinski definition) is 1. The van der Waals surface area contributed by atoms with Crippen LogP contribution in [0.25, 0.3) is 0 Å². The zero-order valence-corrected chi connectivity index (χ0v) is 13.8. The van der Waals surface area contributed by atoms with Crippen molar-refractivity contribution < 1.29 is 27.6 Å². The first-order chi connectivity index (χ1) is 12.2. The number of rotatable bonds is 3. The zero-order valence-electron chi connectivity index (χ0n) is 13.8. The summed E-state index contributed by atoms with van der Waals surface area (Å²) in [6.07, 6.45) is -3.47. The zero-order chi connectivity index (χ0) is 19.1. The van der Waals surface area contributed by atoms with Crippen molar-refractivity contribution in [3.63, 3.8) is 0 Å². The van der Waals surface area contributed by atoms with Gasteiger partial charge in [-0.2, -0.15) is 13.2 Å². The number of alkyl halides is 3. The number of carbonyl (C=O) groups is 3. The van der Waals surface area contributed by atoms with Gasteiger partial charge in [0.2, 0.25) is 11.8 Å². The van der Waals surface area contributed by atoms with Gasteiger partial charge in [0.05, 0.1) is 23.7 Å². The summed E-state index contributed by atoms with van der Waals surface area (Å²) in [5, 5.41) is 0. The number of nitrogens with zero attached hydrogens (tertiary/aromatic N) is 2. The van der Waals surface area contributed by atoms with Gasteiger partial charge >= 0.3 is 6.18 Å².